The summed E-state index contributed by atoms with van der Waals surface area (Å²) in [6.07, 6.45) is -5.42. The lowest BCUT2D eigenvalue weighted by atomic mass is 9.92. The van der Waals surface area contributed by atoms with Crippen LogP contribution >= 0.6 is 11.6 Å². The maximum atomic E-state index is 14.6. The summed E-state index contributed by atoms with van der Waals surface area (Å²) in [5.74, 6) is -2.75. The molecule has 240 valence electrons. The third-order valence-corrected chi connectivity index (χ3v) is 7.13. The maximum Gasteiger partial charge on any atom is 0.432 e. The molecule has 7 nitrogen and oxygen atoms in total. The number of hydrogen-bond donors (Lipinski definition) is 1. The van der Waals surface area contributed by atoms with Crippen molar-refractivity contribution in [1.82, 2.24) is 5.32 Å². The predicted octanol–water partition coefficient (Wildman–Crippen LogP) is 6.79. The fraction of sp³-hybridized carbons (Fsp3) is 0.324. The van der Waals surface area contributed by atoms with Gasteiger partial charge in [-0.25, -0.2) is 9.59 Å². The average molecular weight is 646 g/mol. The minimum Gasteiger partial charge on any atom is -0.457 e. The zero-order valence-electron chi connectivity index (χ0n) is 24.7. The molecule has 0 aromatic heterocycles. The Kier molecular flexibility index (Phi) is 13.6. The number of carbonyl (C=O) groups is 3. The highest BCUT2D eigenvalue weighted by molar-refractivity contribution is 6.17. The Hall–Kier alpha value is -4.15. The van der Waals surface area contributed by atoms with Crippen LogP contribution in [0, 0.1) is 0 Å². The number of hydrogen-bond acceptors (Lipinski definition) is 6. The first-order chi connectivity index (χ1) is 21.6. The molecule has 1 unspecified atom stereocenters. The second-order valence-electron chi connectivity index (χ2n) is 10.0. The first-order valence-electron chi connectivity index (χ1n) is 14.3. The third kappa shape index (κ3) is 10.2. The smallest absolute Gasteiger partial charge is 0.432 e. The van der Waals surface area contributed by atoms with E-state index in [1.807, 2.05) is 36.4 Å². The molecule has 0 aliphatic carbocycles. The van der Waals surface area contributed by atoms with Gasteiger partial charge in [0.25, 0.3) is 5.60 Å². The molecule has 3 rings (SSSR count). The van der Waals surface area contributed by atoms with Crippen molar-refractivity contribution >= 4 is 29.4 Å². The van der Waals surface area contributed by atoms with Crippen LogP contribution < -0.4 is 5.32 Å². The number of amides is 1. The molecule has 0 saturated carbocycles. The number of methoxy groups -OCH3 is 1. The van der Waals surface area contributed by atoms with Gasteiger partial charge in [0.2, 0.25) is 5.91 Å². The molecule has 45 heavy (non-hydrogen) atoms. The number of nitrogens with one attached hydrogen (secondary N) is 1. The second kappa shape index (κ2) is 17.4. The van der Waals surface area contributed by atoms with Crippen molar-refractivity contribution in [3.63, 3.8) is 0 Å². The summed E-state index contributed by atoms with van der Waals surface area (Å²) in [7, 11) is 0.760. The lowest BCUT2D eigenvalue weighted by Crippen LogP contribution is -2.52. The fourth-order valence-electron chi connectivity index (χ4n) is 4.49. The summed E-state index contributed by atoms with van der Waals surface area (Å²) in [6.45, 7) is 0.167. The number of ether oxygens (including phenoxy) is 3. The van der Waals surface area contributed by atoms with Gasteiger partial charge in [0.15, 0.2) is 0 Å². The van der Waals surface area contributed by atoms with Crippen LogP contribution in [0.2, 0.25) is 0 Å². The Bertz CT molecular complexity index is 1400. The van der Waals surface area contributed by atoms with E-state index in [0.29, 0.717) is 6.42 Å². The summed E-state index contributed by atoms with van der Waals surface area (Å²) < 4.78 is 59.4. The second-order valence-corrected chi connectivity index (χ2v) is 10.4. The van der Waals surface area contributed by atoms with Gasteiger partial charge < -0.3 is 19.5 Å². The zero-order chi connectivity index (χ0) is 32.7. The van der Waals surface area contributed by atoms with Crippen LogP contribution in [0.1, 0.15) is 42.4 Å². The zero-order valence-corrected chi connectivity index (χ0v) is 25.5. The topological polar surface area (TPSA) is 90.9 Å². The van der Waals surface area contributed by atoms with Crippen molar-refractivity contribution in [2.75, 3.05) is 13.0 Å². The highest BCUT2D eigenvalue weighted by Gasteiger charge is 2.64. The molecule has 3 aromatic carbocycles. The van der Waals surface area contributed by atoms with E-state index in [-0.39, 0.29) is 43.9 Å². The van der Waals surface area contributed by atoms with Crippen molar-refractivity contribution in [3.05, 3.63) is 119 Å². The molecule has 1 amide bonds. The van der Waals surface area contributed by atoms with Crippen molar-refractivity contribution in [2.45, 2.75) is 56.7 Å². The molecule has 3 aromatic rings. The standard InChI is InChI=1S/C34H35ClF3NO6/c1-43-33(34(36,37)38,28-17-9-4-10-18-28)32(42)45-29(19-20-30(40)39-23-25-12-5-2-6-13-25)22-27(16-11-21-35)31(41)44-24-26-14-7-3-8-15-26/h2-10,12-15,17-18,22,29H,11,16,19-21,23-24H2,1H3,(H,39,40)/b27-22+/t29?,33-/m0/s1. The van der Waals surface area contributed by atoms with Gasteiger partial charge in [0.05, 0.1) is 0 Å². The van der Waals surface area contributed by atoms with Crippen LogP contribution in [0.4, 0.5) is 13.2 Å². The van der Waals surface area contributed by atoms with E-state index in [9.17, 15) is 27.6 Å². The molecule has 0 heterocycles. The Labute approximate surface area is 265 Å². The van der Waals surface area contributed by atoms with E-state index >= 15 is 0 Å². The molecule has 0 aliphatic heterocycles. The minimum absolute atomic E-state index is 0.0452. The molecular weight excluding hydrogens is 611 g/mol. The molecule has 0 radical (unpaired) electrons. The maximum absolute atomic E-state index is 14.6. The van der Waals surface area contributed by atoms with Crippen molar-refractivity contribution < 1.29 is 41.8 Å². The Balaban J connectivity index is 1.89. The van der Waals surface area contributed by atoms with E-state index in [0.717, 1.165) is 30.4 Å². The molecule has 0 aliphatic rings. The Morgan fingerprint density at radius 3 is 2.00 bits per heavy atom. The molecule has 2 atom stereocenters. The number of halogens is 4. The summed E-state index contributed by atoms with van der Waals surface area (Å²) in [6, 6.07) is 24.4. The summed E-state index contributed by atoms with van der Waals surface area (Å²) >= 11 is 5.87. The highest BCUT2D eigenvalue weighted by Crippen LogP contribution is 2.43. The van der Waals surface area contributed by atoms with Crippen LogP contribution in [-0.2, 0) is 47.3 Å². The van der Waals surface area contributed by atoms with E-state index in [4.69, 9.17) is 25.8 Å². The molecular formula is C34H35ClF3NO6. The number of esters is 2. The normalized spacial score (nSPS) is 13.8. The molecule has 1 N–H and O–H groups in total. The molecule has 11 heteroatoms. The van der Waals surface area contributed by atoms with Crippen molar-refractivity contribution in [2.24, 2.45) is 0 Å². The lowest BCUT2D eigenvalue weighted by Gasteiger charge is -2.33. The van der Waals surface area contributed by atoms with Gasteiger partial charge in [-0.2, -0.15) is 13.2 Å². The minimum atomic E-state index is -5.21. The van der Waals surface area contributed by atoms with Gasteiger partial charge in [-0.1, -0.05) is 91.0 Å². The SMILES string of the molecule is CO[C@](C(=O)OC(/C=C(\CCCCl)C(=O)OCc1ccccc1)CCC(=O)NCc1ccccc1)(c1ccccc1)C(F)(F)F. The number of rotatable bonds is 16. The van der Waals surface area contributed by atoms with E-state index in [1.165, 1.54) is 24.3 Å². The van der Waals surface area contributed by atoms with Crippen LogP contribution in [0.25, 0.3) is 0 Å². The molecule has 0 spiro atoms. The quantitative estimate of drug-likeness (QED) is 0.105. The van der Waals surface area contributed by atoms with Gasteiger partial charge in [0, 0.05) is 37.1 Å². The van der Waals surface area contributed by atoms with Gasteiger partial charge >= 0.3 is 18.1 Å². The summed E-state index contributed by atoms with van der Waals surface area (Å²) in [4.78, 5) is 39.3. The average Bonchev–Trinajstić information content (AvgIpc) is 3.04. The third-order valence-electron chi connectivity index (χ3n) is 6.86. The number of alkyl halides is 4. The number of benzene rings is 3. The van der Waals surface area contributed by atoms with Crippen molar-refractivity contribution in [3.8, 4) is 0 Å². The molecule has 0 saturated heterocycles. The summed E-state index contributed by atoms with van der Waals surface area (Å²) in [5.41, 5.74) is -2.34. The van der Waals surface area contributed by atoms with Gasteiger partial charge in [-0.3, -0.25) is 4.79 Å². The molecule has 0 bridgehead atoms. The highest BCUT2D eigenvalue weighted by atomic mass is 35.5. The van der Waals surface area contributed by atoms with E-state index in [2.05, 4.69) is 5.32 Å². The van der Waals surface area contributed by atoms with Gasteiger partial charge in [-0.15, -0.1) is 11.6 Å². The monoisotopic (exact) mass is 645 g/mol. The van der Waals surface area contributed by atoms with E-state index in [1.54, 1.807) is 24.3 Å². The Morgan fingerprint density at radius 1 is 0.867 bits per heavy atom. The van der Waals surface area contributed by atoms with Gasteiger partial charge in [-0.05, 0) is 36.5 Å². The van der Waals surface area contributed by atoms with Crippen LogP contribution in [0.15, 0.2) is 103 Å². The largest absolute Gasteiger partial charge is 0.457 e. The first-order valence-corrected chi connectivity index (χ1v) is 14.8. The summed E-state index contributed by atoms with van der Waals surface area (Å²) in [5, 5.41) is 2.73. The lowest BCUT2D eigenvalue weighted by molar-refractivity contribution is -0.277. The van der Waals surface area contributed by atoms with Crippen LogP contribution in [0.5, 0.6) is 0 Å². The molecule has 0 fully saturated rings. The van der Waals surface area contributed by atoms with Crippen LogP contribution in [0.3, 0.4) is 0 Å². The Morgan fingerprint density at radius 2 is 1.44 bits per heavy atom. The van der Waals surface area contributed by atoms with E-state index < -0.39 is 41.3 Å². The fourth-order valence-corrected chi connectivity index (χ4v) is 4.63. The van der Waals surface area contributed by atoms with Gasteiger partial charge in [0.1, 0.15) is 12.7 Å². The predicted molar refractivity (Wildman–Crippen MR) is 163 cm³/mol. The first kappa shape index (κ1) is 35.3. The van der Waals surface area contributed by atoms with Crippen molar-refractivity contribution in [1.29, 1.82) is 0 Å². The van der Waals surface area contributed by atoms with Crippen LogP contribution in [-0.4, -0.2) is 43.1 Å². The number of carbonyl (C=O) groups excluding carboxylic acids is 3.